The van der Waals surface area contributed by atoms with E-state index < -0.39 is 0 Å². The topological polar surface area (TPSA) is 43.6 Å². The van der Waals surface area contributed by atoms with E-state index >= 15 is 0 Å². The molecule has 1 aliphatic rings. The van der Waals surface area contributed by atoms with Crippen LogP contribution in [-0.2, 0) is 13.0 Å². The van der Waals surface area contributed by atoms with Crippen LogP contribution in [0.15, 0.2) is 52.9 Å². The summed E-state index contributed by atoms with van der Waals surface area (Å²) in [6.07, 6.45) is 0.923. The molecule has 1 N–H and O–H groups in total. The van der Waals surface area contributed by atoms with E-state index in [9.17, 15) is 0 Å². The number of methoxy groups -OCH3 is 1. The third kappa shape index (κ3) is 2.78. The van der Waals surface area contributed by atoms with Gasteiger partial charge in [-0.15, -0.1) is 0 Å². The van der Waals surface area contributed by atoms with Gasteiger partial charge < -0.3 is 19.2 Å². The van der Waals surface area contributed by atoms with Gasteiger partial charge in [0.2, 0.25) is 0 Å². The second kappa shape index (κ2) is 5.97. The Labute approximate surface area is 135 Å². The highest BCUT2D eigenvalue weighted by Crippen LogP contribution is 2.34. The highest BCUT2D eigenvalue weighted by atomic mass is 16.5. The number of ether oxygens (including phenoxy) is 2. The third-order valence-corrected chi connectivity index (χ3v) is 4.22. The van der Waals surface area contributed by atoms with Gasteiger partial charge in [0.25, 0.3) is 0 Å². The Morgan fingerprint density at radius 1 is 1.17 bits per heavy atom. The first-order valence-electron chi connectivity index (χ1n) is 7.83. The van der Waals surface area contributed by atoms with E-state index in [1.165, 1.54) is 5.56 Å². The molecular weight excluding hydrogens is 290 g/mol. The van der Waals surface area contributed by atoms with Crippen LogP contribution in [0.25, 0.3) is 11.0 Å². The number of fused-ring (bicyclic) bond motifs is 2. The lowest BCUT2D eigenvalue weighted by molar-refractivity contribution is 0.224. The van der Waals surface area contributed by atoms with Crippen molar-refractivity contribution in [1.29, 1.82) is 0 Å². The zero-order chi connectivity index (χ0) is 15.6. The van der Waals surface area contributed by atoms with Gasteiger partial charge in [-0.1, -0.05) is 30.3 Å². The fourth-order valence-corrected chi connectivity index (χ4v) is 3.05. The molecule has 1 aliphatic heterocycles. The minimum Gasteiger partial charge on any atom is -0.493 e. The van der Waals surface area contributed by atoms with Crippen LogP contribution in [0.4, 0.5) is 0 Å². The largest absolute Gasteiger partial charge is 0.493 e. The molecule has 0 amide bonds. The molecule has 4 nitrogen and oxygen atoms in total. The molecule has 0 bridgehead atoms. The first-order chi connectivity index (χ1) is 11.3. The van der Waals surface area contributed by atoms with Crippen LogP contribution in [-0.4, -0.2) is 19.8 Å². The molecule has 1 aromatic heterocycles. The first-order valence-corrected chi connectivity index (χ1v) is 7.83. The van der Waals surface area contributed by atoms with Crippen molar-refractivity contribution in [2.45, 2.75) is 19.0 Å². The van der Waals surface area contributed by atoms with E-state index in [-0.39, 0.29) is 6.04 Å². The molecule has 2 aromatic carbocycles. The monoisotopic (exact) mass is 309 g/mol. The number of hydrogen-bond donors (Lipinski definition) is 1. The summed E-state index contributed by atoms with van der Waals surface area (Å²) < 4.78 is 17.1. The summed E-state index contributed by atoms with van der Waals surface area (Å²) in [5.74, 6) is 2.62. The molecule has 23 heavy (non-hydrogen) atoms. The van der Waals surface area contributed by atoms with Crippen molar-refractivity contribution in [2.24, 2.45) is 0 Å². The average Bonchev–Trinajstić information content (AvgIpc) is 3.02. The maximum Gasteiger partial charge on any atom is 0.164 e. The Kier molecular flexibility index (Phi) is 3.67. The van der Waals surface area contributed by atoms with E-state index in [1.54, 1.807) is 7.11 Å². The Morgan fingerprint density at radius 3 is 2.96 bits per heavy atom. The van der Waals surface area contributed by atoms with Crippen molar-refractivity contribution in [3.63, 3.8) is 0 Å². The van der Waals surface area contributed by atoms with Gasteiger partial charge in [0.15, 0.2) is 11.5 Å². The van der Waals surface area contributed by atoms with Gasteiger partial charge >= 0.3 is 0 Å². The lowest BCUT2D eigenvalue weighted by atomic mass is 10.0. The summed E-state index contributed by atoms with van der Waals surface area (Å²) in [4.78, 5) is 0. The van der Waals surface area contributed by atoms with Crippen LogP contribution in [0, 0.1) is 0 Å². The molecule has 0 saturated heterocycles. The van der Waals surface area contributed by atoms with Crippen LogP contribution in [0.2, 0.25) is 0 Å². The Balaban J connectivity index is 1.44. The molecule has 4 rings (SSSR count). The molecule has 0 radical (unpaired) electrons. The summed E-state index contributed by atoms with van der Waals surface area (Å²) in [7, 11) is 1.67. The van der Waals surface area contributed by atoms with Crippen molar-refractivity contribution >= 4 is 11.0 Å². The van der Waals surface area contributed by atoms with Crippen LogP contribution >= 0.6 is 0 Å². The minimum atomic E-state index is 0.266. The average molecular weight is 309 g/mol. The molecule has 118 valence electrons. The summed E-state index contributed by atoms with van der Waals surface area (Å²) in [6, 6.07) is 16.4. The van der Waals surface area contributed by atoms with E-state index in [0.29, 0.717) is 13.2 Å². The van der Waals surface area contributed by atoms with Crippen LogP contribution < -0.4 is 14.8 Å². The van der Waals surface area contributed by atoms with Crippen molar-refractivity contribution in [2.75, 3.05) is 13.7 Å². The van der Waals surface area contributed by atoms with E-state index in [2.05, 4.69) is 23.5 Å². The smallest absolute Gasteiger partial charge is 0.164 e. The molecular formula is C19H19NO3. The predicted molar refractivity (Wildman–Crippen MR) is 89.0 cm³/mol. The zero-order valence-corrected chi connectivity index (χ0v) is 13.0. The molecule has 0 fully saturated rings. The Morgan fingerprint density at radius 2 is 2.09 bits per heavy atom. The summed E-state index contributed by atoms with van der Waals surface area (Å²) in [5, 5.41) is 4.66. The molecule has 0 aliphatic carbocycles. The predicted octanol–water partition coefficient (Wildman–Crippen LogP) is 3.53. The summed E-state index contributed by atoms with van der Waals surface area (Å²) in [6.45, 7) is 1.33. The second-order valence-corrected chi connectivity index (χ2v) is 5.79. The van der Waals surface area contributed by atoms with Gasteiger partial charge in [-0.3, -0.25) is 0 Å². The van der Waals surface area contributed by atoms with Crippen molar-refractivity contribution < 1.29 is 13.9 Å². The summed E-state index contributed by atoms with van der Waals surface area (Å²) in [5.41, 5.74) is 2.11. The van der Waals surface area contributed by atoms with Gasteiger partial charge in [-0.05, 0) is 30.2 Å². The van der Waals surface area contributed by atoms with Gasteiger partial charge in [-0.25, -0.2) is 0 Å². The fourth-order valence-electron chi connectivity index (χ4n) is 3.05. The quantitative estimate of drug-likeness (QED) is 0.800. The van der Waals surface area contributed by atoms with E-state index in [1.807, 2.05) is 30.3 Å². The molecule has 3 aromatic rings. The Hall–Kier alpha value is -2.46. The molecule has 4 heteroatoms. The van der Waals surface area contributed by atoms with Gasteiger partial charge in [0, 0.05) is 11.4 Å². The first kappa shape index (κ1) is 14.2. The number of rotatable bonds is 4. The third-order valence-electron chi connectivity index (χ3n) is 4.22. The molecule has 0 spiro atoms. The van der Waals surface area contributed by atoms with Crippen molar-refractivity contribution in [3.8, 4) is 11.5 Å². The maximum absolute atomic E-state index is 5.89. The SMILES string of the molecule is COc1cccc2c1OC[C@H](NCc1cc3ccccc3o1)C2. The number of hydrogen-bond acceptors (Lipinski definition) is 4. The zero-order valence-electron chi connectivity index (χ0n) is 13.0. The van der Waals surface area contributed by atoms with Crippen LogP contribution in [0.3, 0.4) is 0 Å². The lowest BCUT2D eigenvalue weighted by Gasteiger charge is -2.27. The highest BCUT2D eigenvalue weighted by molar-refractivity contribution is 5.77. The molecule has 0 unspecified atom stereocenters. The van der Waals surface area contributed by atoms with Crippen LogP contribution in [0.5, 0.6) is 11.5 Å². The number of nitrogens with one attached hydrogen (secondary N) is 1. The molecule has 1 atom stereocenters. The molecule has 2 heterocycles. The lowest BCUT2D eigenvalue weighted by Crippen LogP contribution is -2.38. The van der Waals surface area contributed by atoms with Gasteiger partial charge in [0.05, 0.1) is 13.7 Å². The van der Waals surface area contributed by atoms with Gasteiger partial charge in [0.1, 0.15) is 18.0 Å². The second-order valence-electron chi connectivity index (χ2n) is 5.79. The summed E-state index contributed by atoms with van der Waals surface area (Å²) >= 11 is 0. The van der Waals surface area contributed by atoms with Crippen molar-refractivity contribution in [1.82, 2.24) is 5.32 Å². The number of para-hydroxylation sites is 2. The fraction of sp³-hybridized carbons (Fsp3) is 0.263. The number of benzene rings is 2. The van der Waals surface area contributed by atoms with Crippen LogP contribution in [0.1, 0.15) is 11.3 Å². The number of furan rings is 1. The highest BCUT2D eigenvalue weighted by Gasteiger charge is 2.22. The molecule has 0 saturated carbocycles. The van der Waals surface area contributed by atoms with Crippen molar-refractivity contribution in [3.05, 3.63) is 59.9 Å². The van der Waals surface area contributed by atoms with E-state index in [0.717, 1.165) is 34.6 Å². The normalized spacial score (nSPS) is 16.8. The standard InChI is InChI=1S/C19H19NO3/c1-21-18-8-4-6-14-9-15(12-22-19(14)18)20-11-16-10-13-5-2-3-7-17(13)23-16/h2-8,10,15,20H,9,11-12H2,1H3/t15-/m1/s1. The van der Waals surface area contributed by atoms with E-state index in [4.69, 9.17) is 13.9 Å². The Bertz CT molecular complexity index is 791. The maximum atomic E-state index is 5.89. The minimum absolute atomic E-state index is 0.266. The van der Waals surface area contributed by atoms with Gasteiger partial charge in [-0.2, -0.15) is 0 Å².